The highest BCUT2D eigenvalue weighted by Gasteiger charge is 2.45. The number of ether oxygens (including phenoxy) is 1. The minimum Gasteiger partial charge on any atom is -0.410 e. The zero-order valence-corrected chi connectivity index (χ0v) is 15.7. The Morgan fingerprint density at radius 2 is 1.93 bits per heavy atom. The number of benzene rings is 1. The molecule has 9 nitrogen and oxygen atoms in total. The first-order valence-corrected chi connectivity index (χ1v) is 9.06. The van der Waals surface area contributed by atoms with Crippen molar-refractivity contribution in [3.8, 4) is 5.75 Å². The average molecular weight is 401 g/mol. The van der Waals surface area contributed by atoms with Gasteiger partial charge < -0.3 is 4.74 Å². The molecule has 0 saturated carbocycles. The van der Waals surface area contributed by atoms with Crippen LogP contribution in [0.25, 0.3) is 0 Å². The second-order valence-corrected chi connectivity index (χ2v) is 7.05. The van der Waals surface area contributed by atoms with E-state index in [4.69, 9.17) is 4.74 Å². The molecule has 0 radical (unpaired) electrons. The van der Waals surface area contributed by atoms with Gasteiger partial charge in [0, 0.05) is 22.7 Å². The summed E-state index contributed by atoms with van der Waals surface area (Å²) in [6, 6.07) is 6.64. The summed E-state index contributed by atoms with van der Waals surface area (Å²) in [5.41, 5.74) is 0.164. The highest BCUT2D eigenvalue weighted by atomic mass is 32.1. The summed E-state index contributed by atoms with van der Waals surface area (Å²) in [6.45, 7) is 2.95. The van der Waals surface area contributed by atoms with Gasteiger partial charge in [-0.05, 0) is 37.4 Å². The molecule has 1 aliphatic rings. The van der Waals surface area contributed by atoms with Crippen LogP contribution < -0.4 is 4.74 Å². The number of hydrogen-bond donors (Lipinski definition) is 0. The number of ketones is 1. The van der Waals surface area contributed by atoms with E-state index in [9.17, 15) is 24.5 Å². The fraction of sp³-hybridized carbons (Fsp3) is 0.222. The molecule has 1 aromatic carbocycles. The van der Waals surface area contributed by atoms with E-state index in [1.807, 2.05) is 0 Å². The summed E-state index contributed by atoms with van der Waals surface area (Å²) in [5, 5.41) is 12.5. The molecule has 144 valence electrons. The molecule has 0 N–H and O–H groups in total. The van der Waals surface area contributed by atoms with Crippen molar-refractivity contribution in [2.45, 2.75) is 19.9 Å². The number of aliphatic imine (C=N–C) groups is 1. The first-order chi connectivity index (χ1) is 13.3. The number of Topliss-reactive ketones (excluding diaryl/α,β-unsaturated/α-hetero) is 1. The van der Waals surface area contributed by atoms with Crippen molar-refractivity contribution >= 4 is 40.6 Å². The number of non-ortho nitro benzene ring substituents is 1. The molecule has 0 bridgehead atoms. The molecule has 0 saturated heterocycles. The van der Waals surface area contributed by atoms with Gasteiger partial charge in [-0.2, -0.15) is 0 Å². The molecule has 2 heterocycles. The lowest BCUT2D eigenvalue weighted by Gasteiger charge is -2.35. The van der Waals surface area contributed by atoms with E-state index in [2.05, 4.69) is 4.99 Å². The zero-order chi connectivity index (χ0) is 20.4. The van der Waals surface area contributed by atoms with Crippen molar-refractivity contribution < 1.29 is 24.0 Å². The van der Waals surface area contributed by atoms with Crippen LogP contribution in [0.3, 0.4) is 0 Å². The number of nitro benzene ring substituents is 1. The second-order valence-electron chi connectivity index (χ2n) is 6.07. The molecular weight excluding hydrogens is 386 g/mol. The smallest absolute Gasteiger partial charge is 0.410 e. The fourth-order valence-electron chi connectivity index (χ4n) is 3.02. The Balaban J connectivity index is 1.94. The Labute approximate surface area is 163 Å². The molecule has 3 amide bonds. The van der Waals surface area contributed by atoms with E-state index in [0.29, 0.717) is 10.6 Å². The molecular formula is C18H15N3O6S. The van der Waals surface area contributed by atoms with Crippen molar-refractivity contribution in [3.63, 3.8) is 0 Å². The van der Waals surface area contributed by atoms with Crippen molar-refractivity contribution in [1.82, 2.24) is 4.90 Å². The fourth-order valence-corrected chi connectivity index (χ4v) is 3.87. The highest BCUT2D eigenvalue weighted by Crippen LogP contribution is 2.37. The van der Waals surface area contributed by atoms with E-state index in [1.165, 1.54) is 42.5 Å². The number of carbonyl (C=O) groups is 3. The molecule has 2 unspecified atom stereocenters. The largest absolute Gasteiger partial charge is 0.424 e. The lowest BCUT2D eigenvalue weighted by molar-refractivity contribution is -0.384. The van der Waals surface area contributed by atoms with Gasteiger partial charge in [0.05, 0.1) is 16.9 Å². The summed E-state index contributed by atoms with van der Waals surface area (Å²) in [7, 11) is 0. The summed E-state index contributed by atoms with van der Waals surface area (Å²) in [6.07, 6.45) is -1.01. The Hall–Kier alpha value is -3.40. The normalized spacial score (nSPS) is 19.1. The molecule has 0 spiro atoms. The van der Waals surface area contributed by atoms with Gasteiger partial charge in [0.25, 0.3) is 5.69 Å². The molecule has 28 heavy (non-hydrogen) atoms. The van der Waals surface area contributed by atoms with Gasteiger partial charge in [0.15, 0.2) is 0 Å². The molecule has 2 atom stereocenters. The van der Waals surface area contributed by atoms with Gasteiger partial charge in [-0.25, -0.2) is 19.5 Å². The van der Waals surface area contributed by atoms with Crippen molar-refractivity contribution in [3.05, 3.63) is 56.8 Å². The zero-order valence-electron chi connectivity index (χ0n) is 14.9. The van der Waals surface area contributed by atoms with Crippen LogP contribution in [0.4, 0.5) is 15.3 Å². The van der Waals surface area contributed by atoms with Crippen LogP contribution >= 0.6 is 11.3 Å². The Morgan fingerprint density at radius 3 is 2.46 bits per heavy atom. The van der Waals surface area contributed by atoms with E-state index in [1.54, 1.807) is 24.4 Å². The second kappa shape index (κ2) is 7.69. The first-order valence-electron chi connectivity index (χ1n) is 8.18. The number of nitrogens with zero attached hydrogens (tertiary/aromatic N) is 3. The minimum atomic E-state index is -1.01. The maximum atomic E-state index is 12.8. The minimum absolute atomic E-state index is 0.0268. The number of thiophene rings is 1. The molecule has 0 aliphatic carbocycles. The third kappa shape index (κ3) is 3.67. The van der Waals surface area contributed by atoms with Gasteiger partial charge >= 0.3 is 12.1 Å². The molecule has 0 fully saturated rings. The van der Waals surface area contributed by atoms with E-state index in [-0.39, 0.29) is 17.2 Å². The van der Waals surface area contributed by atoms with Crippen LogP contribution in [0.1, 0.15) is 24.8 Å². The number of carbonyl (C=O) groups excluding carboxylic acids is 3. The SMILES string of the molecule is CC(=O)C1C(C)=NC(=O)N(C(=O)Oc2ccc([N+](=O)[O-])cc2)C1c1cccs1. The molecule has 10 heteroatoms. The van der Waals surface area contributed by atoms with E-state index >= 15 is 0 Å². The lowest BCUT2D eigenvalue weighted by atomic mass is 9.88. The quantitative estimate of drug-likeness (QED) is 0.564. The molecule has 1 aliphatic heterocycles. The third-order valence-electron chi connectivity index (χ3n) is 4.24. The average Bonchev–Trinajstić information content (AvgIpc) is 3.15. The van der Waals surface area contributed by atoms with Gasteiger partial charge in [0.1, 0.15) is 11.5 Å². The van der Waals surface area contributed by atoms with Gasteiger partial charge in [-0.1, -0.05) is 6.07 Å². The predicted molar refractivity (Wildman–Crippen MR) is 101 cm³/mol. The van der Waals surface area contributed by atoms with Gasteiger partial charge in [-0.15, -0.1) is 11.3 Å². The van der Waals surface area contributed by atoms with Crippen LogP contribution in [-0.2, 0) is 4.79 Å². The third-order valence-corrected chi connectivity index (χ3v) is 5.19. The predicted octanol–water partition coefficient (Wildman–Crippen LogP) is 4.00. The van der Waals surface area contributed by atoms with Crippen LogP contribution in [-0.4, -0.2) is 33.4 Å². The lowest BCUT2D eigenvalue weighted by Crippen LogP contribution is -2.49. The molecule has 1 aromatic heterocycles. The number of amides is 3. The van der Waals surface area contributed by atoms with Gasteiger partial charge in [-0.3, -0.25) is 14.9 Å². The number of hydrogen-bond acceptors (Lipinski definition) is 7. The number of rotatable bonds is 4. The van der Waals surface area contributed by atoms with E-state index in [0.717, 1.165) is 4.90 Å². The van der Waals surface area contributed by atoms with Crippen LogP contribution in [0.2, 0.25) is 0 Å². The Kier molecular flexibility index (Phi) is 5.32. The van der Waals surface area contributed by atoms with Crippen LogP contribution in [0.15, 0.2) is 46.8 Å². The Morgan fingerprint density at radius 1 is 1.25 bits per heavy atom. The van der Waals surface area contributed by atoms with Crippen LogP contribution in [0, 0.1) is 16.0 Å². The first kappa shape index (κ1) is 19.4. The van der Waals surface area contributed by atoms with Crippen LogP contribution in [0.5, 0.6) is 5.75 Å². The standard InChI is InChI=1S/C18H15N3O6S/c1-10-15(11(2)22)16(14-4-3-9-28-14)20(17(23)19-10)18(24)27-13-7-5-12(6-8-13)21(25)26/h3-9,15-16H,1-2H3. The van der Waals surface area contributed by atoms with Crippen molar-refractivity contribution in [1.29, 1.82) is 0 Å². The van der Waals surface area contributed by atoms with Crippen molar-refractivity contribution in [2.75, 3.05) is 0 Å². The molecule has 2 aromatic rings. The summed E-state index contributed by atoms with van der Waals surface area (Å²) in [5.74, 6) is -0.986. The summed E-state index contributed by atoms with van der Waals surface area (Å²) >= 11 is 1.30. The number of nitro groups is 1. The molecule has 3 rings (SSSR count). The number of urea groups is 1. The maximum Gasteiger partial charge on any atom is 0.424 e. The number of imide groups is 1. The van der Waals surface area contributed by atoms with Crippen molar-refractivity contribution in [2.24, 2.45) is 10.9 Å². The topological polar surface area (TPSA) is 119 Å². The Bertz CT molecular complexity index is 968. The highest BCUT2D eigenvalue weighted by molar-refractivity contribution is 7.10. The van der Waals surface area contributed by atoms with Gasteiger partial charge in [0.2, 0.25) is 0 Å². The summed E-state index contributed by atoms with van der Waals surface area (Å²) in [4.78, 5) is 52.9. The maximum absolute atomic E-state index is 12.8. The summed E-state index contributed by atoms with van der Waals surface area (Å²) < 4.78 is 5.22. The monoisotopic (exact) mass is 401 g/mol. The van der Waals surface area contributed by atoms with E-state index < -0.39 is 29.0 Å².